The second-order valence-corrected chi connectivity index (χ2v) is 11.4. The monoisotopic (exact) mass is 688 g/mol. The molecule has 1 saturated heterocycles. The molecule has 0 saturated carbocycles. The van der Waals surface area contributed by atoms with Crippen LogP contribution in [0.2, 0.25) is 0 Å². The normalized spacial score (nSPS) is 16.0. The van der Waals surface area contributed by atoms with E-state index in [0.717, 1.165) is 41.1 Å². The first-order valence-corrected chi connectivity index (χ1v) is 14.8. The fourth-order valence-corrected chi connectivity index (χ4v) is 5.62. The highest BCUT2D eigenvalue weighted by molar-refractivity contribution is 5.66. The molecule has 1 fully saturated rings. The summed E-state index contributed by atoms with van der Waals surface area (Å²) in [6.45, 7) is 1.28. The molecule has 1 aliphatic heterocycles. The third-order valence-corrected chi connectivity index (χ3v) is 8.33. The van der Waals surface area contributed by atoms with E-state index in [0.29, 0.717) is 49.2 Å². The van der Waals surface area contributed by atoms with Crippen LogP contribution in [0.3, 0.4) is 0 Å². The molecule has 6 rings (SSSR count). The van der Waals surface area contributed by atoms with Crippen molar-refractivity contribution < 1.29 is 40.9 Å². The molecule has 17 heteroatoms. The molecule has 0 spiro atoms. The Hall–Kier alpha value is -5.16. The van der Waals surface area contributed by atoms with Crippen molar-refractivity contribution in [3.8, 4) is 11.1 Å². The molecule has 2 N–H and O–H groups in total. The highest BCUT2D eigenvalue weighted by Crippen LogP contribution is 2.47. The summed E-state index contributed by atoms with van der Waals surface area (Å²) in [4.78, 5) is 12.0. The minimum atomic E-state index is -4.78. The largest absolute Gasteiger partial charge is 0.418 e. The van der Waals surface area contributed by atoms with Gasteiger partial charge in [-0.15, -0.1) is 5.10 Å². The molecule has 0 aliphatic carbocycles. The number of hydrogen-bond acceptors (Lipinski definition) is 9. The average molecular weight is 689 g/mol. The highest BCUT2D eigenvalue weighted by Gasteiger charge is 2.58. The lowest BCUT2D eigenvalue weighted by Gasteiger charge is -2.37. The van der Waals surface area contributed by atoms with Gasteiger partial charge >= 0.3 is 12.1 Å². The fourth-order valence-electron chi connectivity index (χ4n) is 5.62. The van der Waals surface area contributed by atoms with Crippen molar-refractivity contribution in [2.75, 3.05) is 36.0 Å². The topological polar surface area (TPSA) is 116 Å². The average Bonchev–Trinajstić information content (AvgIpc) is 3.60. The molecule has 49 heavy (non-hydrogen) atoms. The van der Waals surface area contributed by atoms with Gasteiger partial charge in [-0.3, -0.25) is 4.98 Å². The summed E-state index contributed by atoms with van der Waals surface area (Å²) in [7, 11) is 0. The van der Waals surface area contributed by atoms with E-state index in [1.807, 2.05) is 17.0 Å². The standard InChI is InChI=1S/C32H27F7N8O2/c33-23-5-8-25(26(34)15-23)30(49,18-47-19-42-43-44-47)31(35,36)27-9-3-21(16-40-27)20-1-6-24(7-2-20)45-11-13-46(14-12-45)28-10-4-22(17-41-28)29(48)32(37,38)39/h1-10,15-17,19,29,48-49H,11-14,18H2/t29?,30-/m0/s1. The van der Waals surface area contributed by atoms with Gasteiger partial charge in [0.1, 0.15) is 29.5 Å². The zero-order chi connectivity index (χ0) is 35.0. The summed E-state index contributed by atoms with van der Waals surface area (Å²) in [6, 6.07) is 14.2. The molecule has 256 valence electrons. The van der Waals surface area contributed by atoms with Gasteiger partial charge in [0.05, 0.1) is 6.54 Å². The minimum absolute atomic E-state index is 0.337. The molecule has 0 radical (unpaired) electrons. The second kappa shape index (κ2) is 13.0. The number of aliphatic hydroxyl groups is 2. The SMILES string of the molecule is OC(c1ccc(N2CCN(c3ccc(-c4ccc(C(F)(F)[C@](O)(Cn5cnnn5)c5ccc(F)cc5F)nc4)cc3)CC2)nc1)C(F)(F)F. The number of halogens is 7. The van der Waals surface area contributed by atoms with Crippen molar-refractivity contribution in [1.29, 1.82) is 0 Å². The van der Waals surface area contributed by atoms with Gasteiger partial charge in [-0.1, -0.05) is 24.3 Å². The van der Waals surface area contributed by atoms with Crippen LogP contribution in [0.15, 0.2) is 85.5 Å². The Bertz CT molecular complexity index is 1870. The van der Waals surface area contributed by atoms with E-state index in [9.17, 15) is 32.2 Å². The number of nitrogens with zero attached hydrogens (tertiary/aromatic N) is 8. The van der Waals surface area contributed by atoms with Crippen molar-refractivity contribution in [1.82, 2.24) is 30.2 Å². The Morgan fingerprint density at radius 1 is 0.776 bits per heavy atom. The summed E-state index contributed by atoms with van der Waals surface area (Å²) in [5, 5.41) is 31.0. The van der Waals surface area contributed by atoms with Gasteiger partial charge < -0.3 is 20.0 Å². The van der Waals surface area contributed by atoms with E-state index in [-0.39, 0.29) is 5.56 Å². The summed E-state index contributed by atoms with van der Waals surface area (Å²) in [5.41, 5.74) is -3.31. The molecule has 5 aromatic rings. The lowest BCUT2D eigenvalue weighted by atomic mass is 9.84. The number of hydrogen-bond donors (Lipinski definition) is 2. The Morgan fingerprint density at radius 3 is 2.04 bits per heavy atom. The maximum absolute atomic E-state index is 16.1. The molecule has 1 unspecified atom stereocenters. The summed E-state index contributed by atoms with van der Waals surface area (Å²) in [5.74, 6) is -6.10. The predicted molar refractivity (Wildman–Crippen MR) is 161 cm³/mol. The Morgan fingerprint density at radius 2 is 1.47 bits per heavy atom. The van der Waals surface area contributed by atoms with Crippen molar-refractivity contribution >= 4 is 11.5 Å². The van der Waals surface area contributed by atoms with Crippen LogP contribution in [0.4, 0.5) is 42.2 Å². The molecule has 1 aliphatic rings. The molecule has 0 bridgehead atoms. The summed E-state index contributed by atoms with van der Waals surface area (Å²) >= 11 is 0. The zero-order valence-electron chi connectivity index (χ0n) is 25.3. The number of alkyl halides is 5. The van der Waals surface area contributed by atoms with Gasteiger partial charge in [-0.05, 0) is 52.4 Å². The zero-order valence-corrected chi connectivity index (χ0v) is 25.3. The van der Waals surface area contributed by atoms with Crippen LogP contribution in [0.25, 0.3) is 11.1 Å². The van der Waals surface area contributed by atoms with Crippen molar-refractivity contribution in [3.05, 3.63) is 114 Å². The van der Waals surface area contributed by atoms with Crippen molar-refractivity contribution in [3.63, 3.8) is 0 Å². The van der Waals surface area contributed by atoms with E-state index in [2.05, 4.69) is 30.4 Å². The van der Waals surface area contributed by atoms with Gasteiger partial charge in [0.25, 0.3) is 0 Å². The highest BCUT2D eigenvalue weighted by atomic mass is 19.4. The molecule has 4 heterocycles. The number of benzene rings is 2. The third kappa shape index (κ3) is 6.76. The van der Waals surface area contributed by atoms with Crippen LogP contribution >= 0.6 is 0 Å². The number of aliphatic hydroxyl groups excluding tert-OH is 1. The van der Waals surface area contributed by atoms with E-state index in [1.54, 1.807) is 12.1 Å². The van der Waals surface area contributed by atoms with Crippen molar-refractivity contribution in [2.24, 2.45) is 0 Å². The lowest BCUT2D eigenvalue weighted by molar-refractivity contribution is -0.207. The Balaban J connectivity index is 1.14. The number of anilines is 2. The molecule has 10 nitrogen and oxygen atoms in total. The number of piperazine rings is 1. The molecule has 2 aromatic carbocycles. The maximum atomic E-state index is 16.1. The van der Waals surface area contributed by atoms with Crippen LogP contribution in [0.1, 0.15) is 22.9 Å². The lowest BCUT2D eigenvalue weighted by Crippen LogP contribution is -2.48. The van der Waals surface area contributed by atoms with Gasteiger partial charge in [-0.25, -0.2) is 18.4 Å². The Labute approximate surface area is 274 Å². The molecular formula is C32H27F7N8O2. The van der Waals surface area contributed by atoms with Crippen LogP contribution in [-0.4, -0.2) is 72.7 Å². The second-order valence-electron chi connectivity index (χ2n) is 11.4. The van der Waals surface area contributed by atoms with E-state index < -0.39 is 53.2 Å². The smallest absolute Gasteiger partial charge is 0.379 e. The molecular weight excluding hydrogens is 661 g/mol. The maximum Gasteiger partial charge on any atom is 0.418 e. The number of rotatable bonds is 9. The van der Waals surface area contributed by atoms with Crippen LogP contribution in [-0.2, 0) is 18.1 Å². The van der Waals surface area contributed by atoms with E-state index in [1.165, 1.54) is 24.4 Å². The summed E-state index contributed by atoms with van der Waals surface area (Å²) < 4.78 is 99.7. The van der Waals surface area contributed by atoms with E-state index >= 15 is 8.78 Å². The molecule has 2 atom stereocenters. The number of aromatic nitrogens is 6. The minimum Gasteiger partial charge on any atom is -0.379 e. The number of tetrazole rings is 1. The van der Waals surface area contributed by atoms with Crippen LogP contribution in [0, 0.1) is 11.6 Å². The predicted octanol–water partition coefficient (Wildman–Crippen LogP) is 5.01. The van der Waals surface area contributed by atoms with Gasteiger partial charge in [-0.2, -0.15) is 22.0 Å². The van der Waals surface area contributed by atoms with Gasteiger partial charge in [0.15, 0.2) is 11.7 Å². The fraction of sp³-hybridized carbons (Fsp3) is 0.281. The van der Waals surface area contributed by atoms with Gasteiger partial charge in [0, 0.05) is 67.0 Å². The van der Waals surface area contributed by atoms with Crippen LogP contribution < -0.4 is 9.80 Å². The summed E-state index contributed by atoms with van der Waals surface area (Å²) in [6.07, 6.45) is -4.20. The molecule has 3 aromatic heterocycles. The quantitative estimate of drug-likeness (QED) is 0.206. The number of pyridine rings is 2. The molecule has 0 amide bonds. The van der Waals surface area contributed by atoms with Gasteiger partial charge in [0.2, 0.25) is 0 Å². The third-order valence-electron chi connectivity index (χ3n) is 8.33. The van der Waals surface area contributed by atoms with Crippen LogP contribution in [0.5, 0.6) is 0 Å². The van der Waals surface area contributed by atoms with E-state index in [4.69, 9.17) is 0 Å². The first kappa shape index (κ1) is 33.7. The first-order valence-electron chi connectivity index (χ1n) is 14.8. The van der Waals surface area contributed by atoms with Crippen molar-refractivity contribution in [2.45, 2.75) is 30.3 Å². The first-order chi connectivity index (χ1) is 23.3. The Kier molecular flexibility index (Phi) is 8.98.